The molecule has 0 radical (unpaired) electrons. The average molecular weight is 676 g/mol. The van der Waals surface area contributed by atoms with Gasteiger partial charge in [0.05, 0.1) is 17.8 Å². The number of aliphatic hydroxyl groups excluding tert-OH is 2. The minimum atomic E-state index is -6.02. The lowest BCUT2D eigenvalue weighted by Gasteiger charge is -2.33. The third-order valence-corrected chi connectivity index (χ3v) is 7.94. The molecule has 3 atom stereocenters. The van der Waals surface area contributed by atoms with E-state index in [2.05, 4.69) is 10.3 Å². The summed E-state index contributed by atoms with van der Waals surface area (Å²) in [5.41, 5.74) is -6.75. The first-order valence-electron chi connectivity index (χ1n) is 14.8. The van der Waals surface area contributed by atoms with Gasteiger partial charge in [0.2, 0.25) is 0 Å². The number of pyridine rings is 1. The van der Waals surface area contributed by atoms with Gasteiger partial charge < -0.3 is 24.8 Å². The Balaban J connectivity index is 1.45. The molecule has 4 rings (SSSR count). The zero-order valence-corrected chi connectivity index (χ0v) is 26.0. The lowest BCUT2D eigenvalue weighted by Crippen LogP contribution is -2.53. The summed E-state index contributed by atoms with van der Waals surface area (Å²) >= 11 is 0. The summed E-state index contributed by atoms with van der Waals surface area (Å²) in [4.78, 5) is 5.65. The minimum absolute atomic E-state index is 0.00856. The standard InChI is InChI=1S/C32H36F7N3O5/c1-5-6-19-15-21(30(45,31(34,35)36)32(37,38)39)8-11-25(19)47-23-10-9-22(40-17-23)13-14-42-27(43)29(4,41-28(42)44)20-7-12-26(24(33)16-20)46-18(2)3/h7-12,15-18,27-28,41,43-45H,5-6,13-14H2,1-4H3. The van der Waals surface area contributed by atoms with Crippen molar-refractivity contribution in [2.75, 3.05) is 6.54 Å². The Kier molecular flexibility index (Phi) is 10.5. The predicted octanol–water partition coefficient (Wildman–Crippen LogP) is 6.02. The number of benzene rings is 2. The van der Waals surface area contributed by atoms with Gasteiger partial charge in [-0.3, -0.25) is 10.3 Å². The van der Waals surface area contributed by atoms with Crippen LogP contribution in [0.2, 0.25) is 0 Å². The number of nitrogens with zero attached hydrogens (tertiary/aromatic N) is 2. The van der Waals surface area contributed by atoms with Crippen molar-refractivity contribution in [2.45, 2.75) is 89.1 Å². The summed E-state index contributed by atoms with van der Waals surface area (Å²) in [6, 6.07) is 9.45. The van der Waals surface area contributed by atoms with E-state index in [0.717, 1.165) is 6.07 Å². The van der Waals surface area contributed by atoms with Gasteiger partial charge in [0.15, 0.2) is 17.9 Å². The first-order chi connectivity index (χ1) is 21.8. The van der Waals surface area contributed by atoms with Crippen LogP contribution in [0.5, 0.6) is 17.2 Å². The highest BCUT2D eigenvalue weighted by atomic mass is 19.4. The molecule has 2 aromatic carbocycles. The molecule has 15 heteroatoms. The maximum absolute atomic E-state index is 14.7. The second-order valence-corrected chi connectivity index (χ2v) is 11.8. The molecule has 1 aliphatic heterocycles. The fourth-order valence-corrected chi connectivity index (χ4v) is 5.39. The van der Waals surface area contributed by atoms with Crippen molar-refractivity contribution in [3.05, 3.63) is 82.9 Å². The fraction of sp³-hybridized carbons (Fsp3) is 0.469. The summed E-state index contributed by atoms with van der Waals surface area (Å²) in [5, 5.41) is 34.5. The van der Waals surface area contributed by atoms with Crippen LogP contribution in [0.3, 0.4) is 0 Å². The summed E-state index contributed by atoms with van der Waals surface area (Å²) in [5.74, 6) is -0.425. The van der Waals surface area contributed by atoms with Crippen molar-refractivity contribution in [3.8, 4) is 17.2 Å². The van der Waals surface area contributed by atoms with Gasteiger partial charge in [0, 0.05) is 24.2 Å². The number of aryl methyl sites for hydroxylation is 1. The van der Waals surface area contributed by atoms with Gasteiger partial charge in [-0.2, -0.15) is 26.3 Å². The maximum Gasteiger partial charge on any atom is 0.430 e. The van der Waals surface area contributed by atoms with E-state index in [4.69, 9.17) is 9.47 Å². The van der Waals surface area contributed by atoms with Gasteiger partial charge in [-0.15, -0.1) is 0 Å². The Morgan fingerprint density at radius 2 is 1.62 bits per heavy atom. The van der Waals surface area contributed by atoms with Crippen LogP contribution < -0.4 is 14.8 Å². The molecule has 0 bridgehead atoms. The highest BCUT2D eigenvalue weighted by Gasteiger charge is 2.71. The molecule has 258 valence electrons. The van der Waals surface area contributed by atoms with Crippen LogP contribution in [0.1, 0.15) is 56.5 Å². The third-order valence-electron chi connectivity index (χ3n) is 7.94. The second-order valence-electron chi connectivity index (χ2n) is 11.8. The summed E-state index contributed by atoms with van der Waals surface area (Å²) in [6.07, 6.45) is -12.8. The molecule has 47 heavy (non-hydrogen) atoms. The summed E-state index contributed by atoms with van der Waals surface area (Å²) in [6.45, 7) is 6.94. The van der Waals surface area contributed by atoms with Crippen LogP contribution in [0.15, 0.2) is 54.7 Å². The van der Waals surface area contributed by atoms with E-state index in [1.165, 1.54) is 29.3 Å². The molecule has 4 N–H and O–H groups in total. The second kappa shape index (κ2) is 13.5. The summed E-state index contributed by atoms with van der Waals surface area (Å²) < 4.78 is 106. The molecule has 1 fully saturated rings. The number of aromatic nitrogens is 1. The quantitative estimate of drug-likeness (QED) is 0.183. The SMILES string of the molecule is CCCc1cc(C(O)(C(F)(F)F)C(F)(F)F)ccc1Oc1ccc(CCN2C(O)NC(C)(c3ccc(OC(C)C)c(F)c3)C2O)nc1. The van der Waals surface area contributed by atoms with Crippen LogP contribution in [0.25, 0.3) is 0 Å². The van der Waals surface area contributed by atoms with Crippen LogP contribution in [-0.2, 0) is 24.0 Å². The highest BCUT2D eigenvalue weighted by Crippen LogP contribution is 2.50. The molecule has 1 saturated heterocycles. The predicted molar refractivity (Wildman–Crippen MR) is 156 cm³/mol. The Morgan fingerprint density at radius 1 is 0.957 bits per heavy atom. The zero-order valence-electron chi connectivity index (χ0n) is 26.0. The topological polar surface area (TPSA) is 107 Å². The summed E-state index contributed by atoms with van der Waals surface area (Å²) in [7, 11) is 0. The van der Waals surface area contributed by atoms with E-state index in [1.54, 1.807) is 39.8 Å². The number of ether oxygens (including phenoxy) is 2. The van der Waals surface area contributed by atoms with Gasteiger partial charge in [0.25, 0.3) is 5.60 Å². The van der Waals surface area contributed by atoms with Gasteiger partial charge in [0.1, 0.15) is 17.7 Å². The molecular weight excluding hydrogens is 639 g/mol. The molecule has 1 aromatic heterocycles. The average Bonchev–Trinajstić information content (AvgIpc) is 3.20. The number of hydrogen-bond donors (Lipinski definition) is 4. The van der Waals surface area contributed by atoms with Crippen LogP contribution >= 0.6 is 0 Å². The lowest BCUT2D eigenvalue weighted by atomic mass is 9.90. The molecule has 0 saturated carbocycles. The first-order valence-corrected chi connectivity index (χ1v) is 14.8. The van der Waals surface area contributed by atoms with E-state index in [0.29, 0.717) is 29.8 Å². The van der Waals surface area contributed by atoms with Crippen molar-refractivity contribution in [2.24, 2.45) is 0 Å². The van der Waals surface area contributed by atoms with Crippen LogP contribution in [-0.4, -0.2) is 62.8 Å². The molecule has 0 spiro atoms. The zero-order chi connectivity index (χ0) is 34.9. The minimum Gasteiger partial charge on any atom is -0.488 e. The highest BCUT2D eigenvalue weighted by molar-refractivity contribution is 5.43. The van der Waals surface area contributed by atoms with E-state index in [1.807, 2.05) is 0 Å². The number of alkyl halides is 6. The Bertz CT molecular complexity index is 1520. The van der Waals surface area contributed by atoms with Crippen molar-refractivity contribution >= 4 is 0 Å². The van der Waals surface area contributed by atoms with E-state index < -0.39 is 47.5 Å². The number of nitrogens with one attached hydrogen (secondary N) is 1. The van der Waals surface area contributed by atoms with Gasteiger partial charge >= 0.3 is 12.4 Å². The number of aliphatic hydroxyl groups is 3. The van der Waals surface area contributed by atoms with Gasteiger partial charge in [-0.05, 0) is 74.7 Å². The maximum atomic E-state index is 14.7. The third kappa shape index (κ3) is 7.33. The molecule has 2 heterocycles. The molecule has 1 aliphatic rings. The molecule has 0 aliphatic carbocycles. The number of hydrogen-bond acceptors (Lipinski definition) is 8. The Morgan fingerprint density at radius 3 is 2.17 bits per heavy atom. The normalized spacial score (nSPS) is 21.0. The van der Waals surface area contributed by atoms with Crippen LogP contribution in [0, 0.1) is 5.82 Å². The van der Waals surface area contributed by atoms with E-state index in [9.17, 15) is 46.1 Å². The Labute approximate surface area is 266 Å². The van der Waals surface area contributed by atoms with Crippen molar-refractivity contribution in [3.63, 3.8) is 0 Å². The molecule has 3 unspecified atom stereocenters. The van der Waals surface area contributed by atoms with Crippen molar-refractivity contribution in [1.29, 1.82) is 0 Å². The van der Waals surface area contributed by atoms with Crippen molar-refractivity contribution in [1.82, 2.24) is 15.2 Å². The largest absolute Gasteiger partial charge is 0.488 e. The fourth-order valence-electron chi connectivity index (χ4n) is 5.39. The smallest absolute Gasteiger partial charge is 0.430 e. The van der Waals surface area contributed by atoms with E-state index in [-0.39, 0.29) is 48.3 Å². The lowest BCUT2D eigenvalue weighted by molar-refractivity contribution is -0.376. The molecular formula is C32H36F7N3O5. The molecule has 0 amide bonds. The first kappa shape index (κ1) is 36.3. The van der Waals surface area contributed by atoms with Crippen molar-refractivity contribution < 1.29 is 55.5 Å². The van der Waals surface area contributed by atoms with Gasteiger partial charge in [-0.25, -0.2) is 9.29 Å². The van der Waals surface area contributed by atoms with Gasteiger partial charge in [-0.1, -0.05) is 25.5 Å². The molecule has 3 aromatic rings. The molecule has 8 nitrogen and oxygen atoms in total. The Hall–Kier alpha value is -3.50. The van der Waals surface area contributed by atoms with E-state index >= 15 is 0 Å². The monoisotopic (exact) mass is 675 g/mol. The van der Waals surface area contributed by atoms with Crippen LogP contribution in [0.4, 0.5) is 30.7 Å². The number of halogens is 7. The number of rotatable bonds is 11.